The molecule has 1 heterocycles. The van der Waals surface area contributed by atoms with Crippen molar-refractivity contribution in [1.82, 2.24) is 0 Å². The SMILES string of the molecule is O=C(/C=C1\C(c2ccccc2)C(c2ccccc2)N1c1ccc(Cl)cc1)c1ccccc1. The van der Waals surface area contributed by atoms with Gasteiger partial charge in [-0.2, -0.15) is 0 Å². The Balaban J connectivity index is 1.65. The van der Waals surface area contributed by atoms with Gasteiger partial charge in [0.25, 0.3) is 0 Å². The molecule has 32 heavy (non-hydrogen) atoms. The second-order valence-electron chi connectivity index (χ2n) is 7.89. The van der Waals surface area contributed by atoms with Crippen LogP contribution in [-0.4, -0.2) is 5.78 Å². The number of halogens is 1. The Kier molecular flexibility index (Phi) is 5.62. The van der Waals surface area contributed by atoms with E-state index in [0.717, 1.165) is 11.4 Å². The van der Waals surface area contributed by atoms with Crippen molar-refractivity contribution in [1.29, 1.82) is 0 Å². The van der Waals surface area contributed by atoms with Gasteiger partial charge in [-0.3, -0.25) is 4.79 Å². The predicted octanol–water partition coefficient (Wildman–Crippen LogP) is 7.45. The van der Waals surface area contributed by atoms with E-state index < -0.39 is 0 Å². The summed E-state index contributed by atoms with van der Waals surface area (Å²) < 4.78 is 0. The van der Waals surface area contributed by atoms with Crippen molar-refractivity contribution in [3.05, 3.63) is 149 Å². The summed E-state index contributed by atoms with van der Waals surface area (Å²) >= 11 is 6.17. The van der Waals surface area contributed by atoms with Crippen LogP contribution in [0.4, 0.5) is 5.69 Å². The lowest BCUT2D eigenvalue weighted by Crippen LogP contribution is -2.46. The molecular formula is C29H22ClNO. The van der Waals surface area contributed by atoms with Crippen LogP contribution in [0.3, 0.4) is 0 Å². The summed E-state index contributed by atoms with van der Waals surface area (Å²) in [6.45, 7) is 0. The summed E-state index contributed by atoms with van der Waals surface area (Å²) in [5.74, 6) is 0.0777. The van der Waals surface area contributed by atoms with Gasteiger partial charge in [0.15, 0.2) is 5.78 Å². The molecule has 0 bridgehead atoms. The number of hydrogen-bond donors (Lipinski definition) is 0. The van der Waals surface area contributed by atoms with Crippen LogP contribution < -0.4 is 4.90 Å². The molecule has 3 heteroatoms. The van der Waals surface area contributed by atoms with E-state index in [1.807, 2.05) is 66.7 Å². The smallest absolute Gasteiger partial charge is 0.187 e. The summed E-state index contributed by atoms with van der Waals surface area (Å²) in [6.07, 6.45) is 1.79. The summed E-state index contributed by atoms with van der Waals surface area (Å²) in [7, 11) is 0. The minimum absolute atomic E-state index is 0.00649. The Hall–Kier alpha value is -3.62. The zero-order valence-corrected chi connectivity index (χ0v) is 18.2. The van der Waals surface area contributed by atoms with E-state index in [2.05, 4.69) is 53.4 Å². The molecule has 0 spiro atoms. The molecule has 0 aromatic heterocycles. The Labute approximate surface area is 193 Å². The van der Waals surface area contributed by atoms with E-state index in [4.69, 9.17) is 11.6 Å². The maximum atomic E-state index is 13.2. The van der Waals surface area contributed by atoms with Crippen molar-refractivity contribution in [2.45, 2.75) is 12.0 Å². The zero-order chi connectivity index (χ0) is 21.9. The van der Waals surface area contributed by atoms with Crippen molar-refractivity contribution >= 4 is 23.1 Å². The monoisotopic (exact) mass is 435 g/mol. The predicted molar refractivity (Wildman–Crippen MR) is 131 cm³/mol. The summed E-state index contributed by atoms with van der Waals surface area (Å²) in [4.78, 5) is 15.4. The van der Waals surface area contributed by atoms with Crippen molar-refractivity contribution < 1.29 is 4.79 Å². The maximum absolute atomic E-state index is 13.2. The number of anilines is 1. The van der Waals surface area contributed by atoms with Crippen LogP contribution in [0.25, 0.3) is 0 Å². The largest absolute Gasteiger partial charge is 0.336 e. The number of benzene rings is 4. The second-order valence-corrected chi connectivity index (χ2v) is 8.33. The molecule has 2 nitrogen and oxygen atoms in total. The third-order valence-electron chi connectivity index (χ3n) is 5.93. The summed E-state index contributed by atoms with van der Waals surface area (Å²) in [5.41, 5.74) is 5.09. The first-order chi connectivity index (χ1) is 15.7. The number of allylic oxidation sites excluding steroid dienone is 1. The highest BCUT2D eigenvalue weighted by atomic mass is 35.5. The molecule has 2 atom stereocenters. The molecule has 156 valence electrons. The fourth-order valence-electron chi connectivity index (χ4n) is 4.44. The summed E-state index contributed by atoms with van der Waals surface area (Å²) in [5, 5.41) is 0.691. The number of rotatable bonds is 5. The highest BCUT2D eigenvalue weighted by molar-refractivity contribution is 6.30. The average Bonchev–Trinajstić information content (AvgIpc) is 2.84. The highest BCUT2D eigenvalue weighted by Crippen LogP contribution is 2.55. The maximum Gasteiger partial charge on any atom is 0.187 e. The molecule has 0 aliphatic carbocycles. The molecule has 2 unspecified atom stereocenters. The fraction of sp³-hybridized carbons (Fsp3) is 0.0690. The number of carbonyl (C=O) groups is 1. The van der Waals surface area contributed by atoms with Crippen molar-refractivity contribution in [2.75, 3.05) is 4.90 Å². The van der Waals surface area contributed by atoms with Gasteiger partial charge in [-0.25, -0.2) is 0 Å². The molecule has 0 amide bonds. The quantitative estimate of drug-likeness (QED) is 0.239. The molecule has 4 aromatic rings. The van der Waals surface area contributed by atoms with Gasteiger partial charge in [-0.15, -0.1) is 0 Å². The van der Waals surface area contributed by atoms with Crippen molar-refractivity contribution in [3.63, 3.8) is 0 Å². The molecule has 1 aliphatic rings. The molecule has 0 N–H and O–H groups in total. The van der Waals surface area contributed by atoms with Gasteiger partial charge in [0.2, 0.25) is 0 Å². The molecule has 4 aromatic carbocycles. The third kappa shape index (κ3) is 3.86. The van der Waals surface area contributed by atoms with Gasteiger partial charge in [0, 0.05) is 34.0 Å². The van der Waals surface area contributed by atoms with Gasteiger partial charge in [-0.1, -0.05) is 103 Å². The van der Waals surface area contributed by atoms with Crippen LogP contribution in [0, 0.1) is 0 Å². The van der Waals surface area contributed by atoms with Crippen LogP contribution >= 0.6 is 11.6 Å². The first-order valence-electron chi connectivity index (χ1n) is 10.7. The van der Waals surface area contributed by atoms with Crippen LogP contribution in [-0.2, 0) is 0 Å². The molecule has 0 saturated carbocycles. The minimum Gasteiger partial charge on any atom is -0.336 e. The van der Waals surface area contributed by atoms with Gasteiger partial charge in [0.1, 0.15) is 0 Å². The van der Waals surface area contributed by atoms with Crippen molar-refractivity contribution in [2.24, 2.45) is 0 Å². The van der Waals surface area contributed by atoms with E-state index in [1.54, 1.807) is 6.08 Å². The van der Waals surface area contributed by atoms with E-state index in [1.165, 1.54) is 11.1 Å². The van der Waals surface area contributed by atoms with Gasteiger partial charge in [0.05, 0.1) is 6.04 Å². The topological polar surface area (TPSA) is 20.3 Å². The average molecular weight is 436 g/mol. The first kappa shape index (κ1) is 20.3. The third-order valence-corrected chi connectivity index (χ3v) is 6.18. The summed E-state index contributed by atoms with van der Waals surface area (Å²) in [6, 6.07) is 38.2. The molecule has 1 aliphatic heterocycles. The van der Waals surface area contributed by atoms with Crippen LogP contribution in [0.15, 0.2) is 127 Å². The fourth-order valence-corrected chi connectivity index (χ4v) is 4.56. The molecule has 5 rings (SSSR count). The number of hydrogen-bond acceptors (Lipinski definition) is 2. The van der Waals surface area contributed by atoms with Crippen molar-refractivity contribution in [3.8, 4) is 0 Å². The molecule has 1 fully saturated rings. The lowest BCUT2D eigenvalue weighted by molar-refractivity contribution is 0.104. The van der Waals surface area contributed by atoms with Gasteiger partial charge >= 0.3 is 0 Å². The molecule has 0 radical (unpaired) electrons. The normalized spacial score (nSPS) is 18.9. The number of carbonyl (C=O) groups excluding carboxylic acids is 1. The zero-order valence-electron chi connectivity index (χ0n) is 17.4. The number of ketones is 1. The van der Waals surface area contributed by atoms with Crippen LogP contribution in [0.5, 0.6) is 0 Å². The first-order valence-corrected chi connectivity index (χ1v) is 11.1. The van der Waals surface area contributed by atoms with E-state index in [-0.39, 0.29) is 17.7 Å². The van der Waals surface area contributed by atoms with Gasteiger partial charge < -0.3 is 4.90 Å². The van der Waals surface area contributed by atoms with Crippen LogP contribution in [0.2, 0.25) is 5.02 Å². The Morgan fingerprint density at radius 1 is 0.688 bits per heavy atom. The van der Waals surface area contributed by atoms with Crippen LogP contribution in [0.1, 0.15) is 33.4 Å². The Bertz CT molecular complexity index is 1230. The highest BCUT2D eigenvalue weighted by Gasteiger charge is 2.46. The minimum atomic E-state index is 0.00649. The lowest BCUT2D eigenvalue weighted by atomic mass is 9.74. The standard InChI is InChI=1S/C29H22ClNO/c30-24-16-18-25(19-17-24)31-26(20-27(32)21-10-4-1-5-11-21)28(22-12-6-2-7-13-22)29(31)23-14-8-3-9-15-23/h1-20,28-29H/b26-20+. The molecular weight excluding hydrogens is 414 g/mol. The number of nitrogens with zero attached hydrogens (tertiary/aromatic N) is 1. The van der Waals surface area contributed by atoms with Gasteiger partial charge in [-0.05, 0) is 35.4 Å². The lowest BCUT2D eigenvalue weighted by Gasteiger charge is -2.52. The Morgan fingerprint density at radius 2 is 1.22 bits per heavy atom. The Morgan fingerprint density at radius 3 is 1.81 bits per heavy atom. The van der Waals surface area contributed by atoms with E-state index in [0.29, 0.717) is 10.6 Å². The van der Waals surface area contributed by atoms with E-state index in [9.17, 15) is 4.79 Å². The molecule has 1 saturated heterocycles. The van der Waals surface area contributed by atoms with E-state index >= 15 is 0 Å². The second kappa shape index (κ2) is 8.86.